The lowest BCUT2D eigenvalue weighted by Gasteiger charge is -2.33. The van der Waals surface area contributed by atoms with E-state index in [-0.39, 0.29) is 10.0 Å². The third-order valence-corrected chi connectivity index (χ3v) is 6.59. The zero-order valence-corrected chi connectivity index (χ0v) is 14.7. The molecule has 0 N–H and O–H groups in total. The average Bonchev–Trinajstić information content (AvgIpc) is 2.41. The molecule has 2 rings (SSSR count). The Hall–Kier alpha value is -0.170. The van der Waals surface area contributed by atoms with Crippen molar-refractivity contribution in [3.63, 3.8) is 0 Å². The number of nitrogens with zero attached hydrogens (tertiary/aromatic N) is 2. The Bertz CT molecular complexity index is 584. The van der Waals surface area contributed by atoms with Crippen molar-refractivity contribution in [3.8, 4) is 0 Å². The fourth-order valence-electron chi connectivity index (χ4n) is 2.51. The number of piperidine rings is 1. The molecule has 2 heterocycles. The second kappa shape index (κ2) is 6.30. The molecule has 1 aliphatic heterocycles. The van der Waals surface area contributed by atoms with Gasteiger partial charge in [0.1, 0.15) is 10.0 Å². The average molecular weight is 382 g/mol. The van der Waals surface area contributed by atoms with Crippen LogP contribution in [0, 0.1) is 11.8 Å². The molecule has 1 aromatic heterocycles. The molecule has 1 saturated heterocycles. The minimum atomic E-state index is -3.56. The molecule has 0 aliphatic carbocycles. The molecule has 0 radical (unpaired) electrons. The highest BCUT2D eigenvalue weighted by Crippen LogP contribution is 2.31. The number of hydrogen-bond donors (Lipinski definition) is 0. The highest BCUT2D eigenvalue weighted by Gasteiger charge is 2.32. The number of halogens is 2. The van der Waals surface area contributed by atoms with Gasteiger partial charge in [0.25, 0.3) is 0 Å². The first-order chi connectivity index (χ1) is 9.32. The van der Waals surface area contributed by atoms with Crippen LogP contribution in [0.5, 0.6) is 0 Å². The normalized spacial score (nSPS) is 18.6. The first-order valence-electron chi connectivity index (χ1n) is 6.63. The molecule has 1 aliphatic rings. The predicted octanol–water partition coefficient (Wildman–Crippen LogP) is 3.55. The van der Waals surface area contributed by atoms with E-state index in [9.17, 15) is 8.42 Å². The fourth-order valence-corrected chi connectivity index (χ4v) is 4.90. The van der Waals surface area contributed by atoms with Gasteiger partial charge in [0, 0.05) is 23.8 Å². The van der Waals surface area contributed by atoms with Gasteiger partial charge in [-0.1, -0.05) is 25.4 Å². The van der Waals surface area contributed by atoms with Gasteiger partial charge in [-0.2, -0.15) is 4.31 Å². The van der Waals surface area contributed by atoms with Crippen LogP contribution in [0.3, 0.4) is 0 Å². The van der Waals surface area contributed by atoms with Crippen molar-refractivity contribution < 1.29 is 8.42 Å². The maximum atomic E-state index is 12.6. The Labute approximate surface area is 133 Å². The van der Waals surface area contributed by atoms with Crippen LogP contribution in [0.2, 0.25) is 5.15 Å². The van der Waals surface area contributed by atoms with Crippen molar-refractivity contribution in [1.82, 2.24) is 9.29 Å². The van der Waals surface area contributed by atoms with Crippen molar-refractivity contribution in [2.75, 3.05) is 13.1 Å². The van der Waals surface area contributed by atoms with Gasteiger partial charge in [0.2, 0.25) is 10.0 Å². The van der Waals surface area contributed by atoms with Crippen molar-refractivity contribution in [2.45, 2.75) is 31.6 Å². The number of sulfonamides is 1. The van der Waals surface area contributed by atoms with Crippen LogP contribution >= 0.6 is 27.5 Å². The Morgan fingerprint density at radius 2 is 2.00 bits per heavy atom. The summed E-state index contributed by atoms with van der Waals surface area (Å²) in [6, 6.07) is 1.51. The van der Waals surface area contributed by atoms with Crippen LogP contribution in [-0.4, -0.2) is 30.8 Å². The lowest BCUT2D eigenvalue weighted by Crippen LogP contribution is -2.39. The molecule has 0 bridgehead atoms. The molecule has 1 fully saturated rings. The summed E-state index contributed by atoms with van der Waals surface area (Å²) in [5.41, 5.74) is 0. The maximum Gasteiger partial charge on any atom is 0.246 e. The summed E-state index contributed by atoms with van der Waals surface area (Å²) in [6.45, 7) is 5.47. The van der Waals surface area contributed by atoms with E-state index in [4.69, 9.17) is 11.6 Å². The number of aromatic nitrogens is 1. The molecule has 0 saturated carbocycles. The van der Waals surface area contributed by atoms with Gasteiger partial charge in [0.15, 0.2) is 0 Å². The summed E-state index contributed by atoms with van der Waals surface area (Å²) >= 11 is 9.18. The number of pyridine rings is 1. The standard InChI is InChI=1S/C13H18BrClN2O2S/c1-9(2)10-3-5-17(6-4-10)20(18,19)12-7-11(14)8-16-13(12)15/h7-10H,3-6H2,1-2H3. The third-order valence-electron chi connectivity index (χ3n) is 3.83. The molecule has 0 spiro atoms. The monoisotopic (exact) mass is 380 g/mol. The summed E-state index contributed by atoms with van der Waals surface area (Å²) in [6.07, 6.45) is 3.29. The molecule has 0 unspecified atom stereocenters. The second-order valence-electron chi connectivity index (χ2n) is 5.43. The van der Waals surface area contributed by atoms with Crippen molar-refractivity contribution >= 4 is 37.6 Å². The van der Waals surface area contributed by atoms with E-state index in [1.165, 1.54) is 16.6 Å². The van der Waals surface area contributed by atoms with Gasteiger partial charge >= 0.3 is 0 Å². The minimum absolute atomic E-state index is 0.0270. The van der Waals surface area contributed by atoms with E-state index in [0.717, 1.165) is 12.8 Å². The van der Waals surface area contributed by atoms with Crippen LogP contribution in [0.25, 0.3) is 0 Å². The molecule has 4 nitrogen and oxygen atoms in total. The summed E-state index contributed by atoms with van der Waals surface area (Å²) in [5.74, 6) is 1.19. The van der Waals surface area contributed by atoms with E-state index in [2.05, 4.69) is 34.8 Å². The Morgan fingerprint density at radius 3 is 2.55 bits per heavy atom. The van der Waals surface area contributed by atoms with Crippen molar-refractivity contribution in [1.29, 1.82) is 0 Å². The van der Waals surface area contributed by atoms with Crippen LogP contribution in [0.4, 0.5) is 0 Å². The first kappa shape index (κ1) is 16.2. The minimum Gasteiger partial charge on any atom is -0.242 e. The molecule has 20 heavy (non-hydrogen) atoms. The van der Waals surface area contributed by atoms with E-state index in [0.29, 0.717) is 29.4 Å². The summed E-state index contributed by atoms with van der Waals surface area (Å²) in [7, 11) is -3.56. The number of hydrogen-bond acceptors (Lipinski definition) is 3. The second-order valence-corrected chi connectivity index (χ2v) is 8.61. The molecule has 0 aromatic carbocycles. The highest BCUT2D eigenvalue weighted by atomic mass is 79.9. The van der Waals surface area contributed by atoms with E-state index in [1.807, 2.05) is 0 Å². The van der Waals surface area contributed by atoms with E-state index in [1.54, 1.807) is 0 Å². The van der Waals surface area contributed by atoms with Gasteiger partial charge < -0.3 is 0 Å². The molecular weight excluding hydrogens is 364 g/mol. The van der Waals surface area contributed by atoms with Crippen molar-refractivity contribution in [3.05, 3.63) is 21.9 Å². The van der Waals surface area contributed by atoms with Gasteiger partial charge in [-0.25, -0.2) is 13.4 Å². The van der Waals surface area contributed by atoms with Crippen LogP contribution in [0.15, 0.2) is 21.6 Å². The van der Waals surface area contributed by atoms with Gasteiger partial charge in [-0.3, -0.25) is 0 Å². The molecule has 1 aromatic rings. The topological polar surface area (TPSA) is 50.3 Å². The summed E-state index contributed by atoms with van der Waals surface area (Å²) in [5, 5.41) is 0.0270. The zero-order valence-electron chi connectivity index (χ0n) is 11.5. The SMILES string of the molecule is CC(C)C1CCN(S(=O)(=O)c2cc(Br)cnc2Cl)CC1. The quantitative estimate of drug-likeness (QED) is 0.752. The lowest BCUT2D eigenvalue weighted by molar-refractivity contribution is 0.226. The number of rotatable bonds is 3. The largest absolute Gasteiger partial charge is 0.246 e. The van der Waals surface area contributed by atoms with Gasteiger partial charge in [-0.05, 0) is 46.7 Å². The predicted molar refractivity (Wildman–Crippen MR) is 83.3 cm³/mol. The molecule has 7 heteroatoms. The van der Waals surface area contributed by atoms with Crippen LogP contribution < -0.4 is 0 Å². The molecule has 0 atom stereocenters. The maximum absolute atomic E-state index is 12.6. The summed E-state index contributed by atoms with van der Waals surface area (Å²) in [4.78, 5) is 3.98. The first-order valence-corrected chi connectivity index (χ1v) is 9.24. The van der Waals surface area contributed by atoms with Gasteiger partial charge in [0.05, 0.1) is 0 Å². The fraction of sp³-hybridized carbons (Fsp3) is 0.615. The smallest absolute Gasteiger partial charge is 0.242 e. The third kappa shape index (κ3) is 3.35. The summed E-state index contributed by atoms with van der Waals surface area (Å²) < 4.78 is 27.4. The molecule has 112 valence electrons. The highest BCUT2D eigenvalue weighted by molar-refractivity contribution is 9.10. The van der Waals surface area contributed by atoms with E-state index < -0.39 is 10.0 Å². The van der Waals surface area contributed by atoms with Crippen LogP contribution in [0.1, 0.15) is 26.7 Å². The Kier molecular flexibility index (Phi) is 5.10. The molecule has 0 amide bonds. The zero-order chi connectivity index (χ0) is 14.9. The van der Waals surface area contributed by atoms with E-state index >= 15 is 0 Å². The van der Waals surface area contributed by atoms with Crippen LogP contribution in [-0.2, 0) is 10.0 Å². The Balaban J connectivity index is 2.22. The van der Waals surface area contributed by atoms with Crippen molar-refractivity contribution in [2.24, 2.45) is 11.8 Å². The Morgan fingerprint density at radius 1 is 1.40 bits per heavy atom. The lowest BCUT2D eigenvalue weighted by atomic mass is 9.87. The van der Waals surface area contributed by atoms with Gasteiger partial charge in [-0.15, -0.1) is 0 Å². The molecular formula is C13H18BrClN2O2S.